The van der Waals surface area contributed by atoms with E-state index in [1.807, 2.05) is 88.4 Å². The Balaban J connectivity index is 1.47. The summed E-state index contributed by atoms with van der Waals surface area (Å²) in [6, 6.07) is 16.2. The highest BCUT2D eigenvalue weighted by molar-refractivity contribution is 14.2. The number of halogens is 3. The number of alkyl halides is 3. The van der Waals surface area contributed by atoms with Crippen LogP contribution in [0.4, 0.5) is 14.9 Å². The minimum absolute atomic E-state index is 0.0405. The van der Waals surface area contributed by atoms with E-state index in [4.69, 9.17) is 4.74 Å². The molecule has 2 heterocycles. The molecule has 2 aromatic carbocycles. The van der Waals surface area contributed by atoms with Gasteiger partial charge in [0.1, 0.15) is 0 Å². The smallest absolute Gasteiger partial charge is 0.314 e. The van der Waals surface area contributed by atoms with Crippen LogP contribution in [0.25, 0.3) is 0 Å². The molecule has 35 heavy (non-hydrogen) atoms. The van der Waals surface area contributed by atoms with Crippen molar-refractivity contribution in [2.45, 2.75) is 39.2 Å². The highest BCUT2D eigenvalue weighted by Gasteiger charge is 2.42. The van der Waals surface area contributed by atoms with Gasteiger partial charge in [0.05, 0.1) is 18.2 Å². The average Bonchev–Trinajstić information content (AvgIpc) is 2.83. The van der Waals surface area contributed by atoms with E-state index in [2.05, 4.69) is 40.2 Å². The molecular formula is C26H33FI2N4O2. The molecule has 0 bridgehead atoms. The number of likely N-dealkylation sites (N-methyl/N-ethyl adjacent to an activating group) is 1. The number of hydrogen-bond donors (Lipinski definition) is 3. The van der Waals surface area contributed by atoms with Gasteiger partial charge in [-0.2, -0.15) is 0 Å². The van der Waals surface area contributed by atoms with Crippen LogP contribution in [-0.4, -0.2) is 50.8 Å². The van der Waals surface area contributed by atoms with Crippen LogP contribution >= 0.6 is 45.2 Å². The van der Waals surface area contributed by atoms with Crippen LogP contribution in [0.3, 0.4) is 0 Å². The normalized spacial score (nSPS) is 23.7. The lowest BCUT2D eigenvalue weighted by atomic mass is 9.76. The van der Waals surface area contributed by atoms with Crippen molar-refractivity contribution in [2.24, 2.45) is 5.92 Å². The second-order valence-corrected chi connectivity index (χ2v) is 14.6. The second kappa shape index (κ2) is 11.9. The van der Waals surface area contributed by atoms with Crippen LogP contribution in [0.1, 0.15) is 48.1 Å². The number of carbonyl (C=O) groups excluding carboxylic acids is 1. The SMILES string of the molecule is CN(C)CCNC(=O)NCC[C@H]1CC[C@@H]2[C@H](O1)c1cc(C(F)(I)I)ccc1N[C@H]2c1ccccc1. The van der Waals surface area contributed by atoms with Gasteiger partial charge in [0.2, 0.25) is 1.68 Å². The van der Waals surface area contributed by atoms with E-state index in [9.17, 15) is 9.18 Å². The third-order valence-electron chi connectivity index (χ3n) is 6.73. The maximum absolute atomic E-state index is 14.8. The number of urea groups is 1. The van der Waals surface area contributed by atoms with Crippen LogP contribution < -0.4 is 16.0 Å². The minimum atomic E-state index is -1.48. The van der Waals surface area contributed by atoms with E-state index in [0.717, 1.165) is 37.1 Å². The van der Waals surface area contributed by atoms with Crippen LogP contribution in [0.15, 0.2) is 48.5 Å². The lowest BCUT2D eigenvalue weighted by Crippen LogP contribution is -2.42. The number of fused-ring (bicyclic) bond motifs is 3. The fraction of sp³-hybridized carbons (Fsp3) is 0.500. The Hall–Kier alpha value is -1.18. The number of hydrogen-bond acceptors (Lipinski definition) is 4. The molecule has 4 rings (SSSR count). The molecule has 2 aliphatic rings. The van der Waals surface area contributed by atoms with Crippen molar-refractivity contribution in [3.63, 3.8) is 0 Å². The molecule has 0 aromatic heterocycles. The molecule has 2 amide bonds. The molecule has 0 aliphatic carbocycles. The lowest BCUT2D eigenvalue weighted by Gasteiger charge is -2.46. The number of anilines is 1. The zero-order chi connectivity index (χ0) is 25.0. The van der Waals surface area contributed by atoms with Crippen molar-refractivity contribution in [3.05, 3.63) is 65.2 Å². The third-order valence-corrected chi connectivity index (χ3v) is 7.98. The van der Waals surface area contributed by atoms with Crippen molar-refractivity contribution >= 4 is 56.9 Å². The van der Waals surface area contributed by atoms with Crippen LogP contribution in [-0.2, 0) is 6.42 Å². The minimum Gasteiger partial charge on any atom is -0.378 e. The van der Waals surface area contributed by atoms with E-state index >= 15 is 0 Å². The monoisotopic (exact) mass is 706 g/mol. The van der Waals surface area contributed by atoms with Gasteiger partial charge in [-0.15, -0.1) is 0 Å². The quantitative estimate of drug-likeness (QED) is 0.237. The summed E-state index contributed by atoms with van der Waals surface area (Å²) in [5, 5.41) is 9.54. The predicted octanol–water partition coefficient (Wildman–Crippen LogP) is 5.89. The van der Waals surface area contributed by atoms with Crippen LogP contribution in [0.5, 0.6) is 0 Å². The van der Waals surface area contributed by atoms with Crippen molar-refractivity contribution in [1.82, 2.24) is 15.5 Å². The maximum Gasteiger partial charge on any atom is 0.314 e. The van der Waals surface area contributed by atoms with Gasteiger partial charge < -0.3 is 25.6 Å². The number of ether oxygens (including phenoxy) is 1. The Labute approximate surface area is 234 Å². The van der Waals surface area contributed by atoms with Gasteiger partial charge in [-0.05, 0) is 96.2 Å². The summed E-state index contributed by atoms with van der Waals surface area (Å²) >= 11 is 3.66. The maximum atomic E-state index is 14.8. The third kappa shape index (κ3) is 6.98. The number of amides is 2. The van der Waals surface area contributed by atoms with Gasteiger partial charge in [0.25, 0.3) is 0 Å². The number of nitrogens with one attached hydrogen (secondary N) is 3. The summed E-state index contributed by atoms with van der Waals surface area (Å²) in [6.07, 6.45) is 2.58. The summed E-state index contributed by atoms with van der Waals surface area (Å²) in [7, 11) is 3.95. The van der Waals surface area contributed by atoms with E-state index in [1.54, 1.807) is 0 Å². The molecule has 2 aliphatic heterocycles. The zero-order valence-corrected chi connectivity index (χ0v) is 24.4. The summed E-state index contributed by atoms with van der Waals surface area (Å²) < 4.78 is 20.0. The molecule has 4 atom stereocenters. The van der Waals surface area contributed by atoms with Crippen molar-refractivity contribution in [2.75, 3.05) is 39.0 Å². The first-order valence-electron chi connectivity index (χ1n) is 12.1. The Morgan fingerprint density at radius 1 is 1.14 bits per heavy atom. The summed E-state index contributed by atoms with van der Waals surface area (Å²) in [4.78, 5) is 14.1. The summed E-state index contributed by atoms with van der Waals surface area (Å²) in [6.45, 7) is 1.96. The van der Waals surface area contributed by atoms with Crippen LogP contribution in [0, 0.1) is 5.92 Å². The fourth-order valence-corrected chi connectivity index (χ4v) is 5.61. The van der Waals surface area contributed by atoms with Gasteiger partial charge in [-0.25, -0.2) is 9.18 Å². The van der Waals surface area contributed by atoms with E-state index in [0.29, 0.717) is 18.7 Å². The van der Waals surface area contributed by atoms with Crippen molar-refractivity contribution < 1.29 is 13.9 Å². The molecule has 6 nitrogen and oxygen atoms in total. The van der Waals surface area contributed by atoms with Crippen molar-refractivity contribution in [3.8, 4) is 0 Å². The lowest BCUT2D eigenvalue weighted by molar-refractivity contribution is -0.0952. The molecule has 1 fully saturated rings. The molecule has 2 aromatic rings. The van der Waals surface area contributed by atoms with Gasteiger partial charge >= 0.3 is 6.03 Å². The van der Waals surface area contributed by atoms with Gasteiger partial charge in [0.15, 0.2) is 0 Å². The van der Waals surface area contributed by atoms with Gasteiger partial charge in [-0.3, -0.25) is 0 Å². The first-order chi connectivity index (χ1) is 16.7. The van der Waals surface area contributed by atoms with Crippen molar-refractivity contribution in [1.29, 1.82) is 0 Å². The second-order valence-electron chi connectivity index (χ2n) is 9.53. The number of nitrogens with zero attached hydrogens (tertiary/aromatic N) is 1. The zero-order valence-electron chi connectivity index (χ0n) is 20.1. The topological polar surface area (TPSA) is 65.6 Å². The Morgan fingerprint density at radius 2 is 1.89 bits per heavy atom. The van der Waals surface area contributed by atoms with E-state index in [1.165, 1.54) is 5.56 Å². The van der Waals surface area contributed by atoms with E-state index in [-0.39, 0.29) is 30.2 Å². The highest BCUT2D eigenvalue weighted by Crippen LogP contribution is 2.52. The van der Waals surface area contributed by atoms with Gasteiger partial charge in [0, 0.05) is 42.4 Å². The standard InChI is InChI=1S/C26H33FI2N4O2/c1-33(2)15-14-31-25(34)30-13-12-19-9-10-20-23(17-6-4-3-5-7-17)32-22-11-8-18(26(27,28)29)16-21(22)24(20)35-19/h3-8,11,16,19-20,23-24,32H,9-10,12-15H2,1-2H3,(H2,30,31,34)/t19-,20+,23+,24+/m1/s1. The molecule has 0 radical (unpaired) electrons. The fourth-order valence-electron chi connectivity index (χ4n) is 4.94. The summed E-state index contributed by atoms with van der Waals surface area (Å²) in [5.74, 6) is 0.246. The molecular weight excluding hydrogens is 673 g/mol. The molecule has 0 unspecified atom stereocenters. The number of rotatable bonds is 8. The average molecular weight is 706 g/mol. The van der Waals surface area contributed by atoms with Crippen LogP contribution in [0.2, 0.25) is 0 Å². The molecule has 190 valence electrons. The predicted molar refractivity (Wildman–Crippen MR) is 155 cm³/mol. The molecule has 3 N–H and O–H groups in total. The highest BCUT2D eigenvalue weighted by atomic mass is 127. The van der Waals surface area contributed by atoms with Gasteiger partial charge in [-0.1, -0.05) is 36.4 Å². The first kappa shape index (κ1) is 26.9. The summed E-state index contributed by atoms with van der Waals surface area (Å²) in [5.41, 5.74) is 3.89. The Kier molecular flexibility index (Phi) is 9.14. The number of benzene rings is 2. The Morgan fingerprint density at radius 3 is 2.60 bits per heavy atom. The molecule has 0 saturated carbocycles. The number of carbonyl (C=O) groups is 1. The molecule has 9 heteroatoms. The molecule has 1 saturated heterocycles. The largest absolute Gasteiger partial charge is 0.378 e. The first-order valence-corrected chi connectivity index (χ1v) is 14.2. The van der Waals surface area contributed by atoms with E-state index < -0.39 is 1.68 Å². The molecule has 0 spiro atoms. The Bertz CT molecular complexity index is 1000.